The molecule has 0 saturated carbocycles. The highest BCUT2D eigenvalue weighted by Gasteiger charge is 2.29. The number of rotatable bonds is 4. The summed E-state index contributed by atoms with van der Waals surface area (Å²) in [5.41, 5.74) is 11.7. The van der Waals surface area contributed by atoms with E-state index < -0.39 is 12.8 Å². The number of halogens is 3. The number of nitrogens with two attached hydrogens (primary N) is 2. The first-order valence-electron chi connectivity index (χ1n) is 7.11. The third kappa shape index (κ3) is 5.20. The maximum atomic E-state index is 12.3. The molecule has 1 aromatic rings. The average Bonchev–Trinajstić information content (AvgIpc) is 2.45. The van der Waals surface area contributed by atoms with E-state index in [9.17, 15) is 13.2 Å². The number of nitrogens with zero attached hydrogens (tertiary/aromatic N) is 3. The Balaban J connectivity index is 2.22. The number of aliphatic imine (C=N–C) groups is 1. The Hall–Kier alpha value is -2.16. The zero-order valence-corrected chi connectivity index (χ0v) is 12.8. The molecule has 0 aromatic heterocycles. The van der Waals surface area contributed by atoms with Crippen molar-refractivity contribution in [3.8, 4) is 5.75 Å². The van der Waals surface area contributed by atoms with E-state index >= 15 is 0 Å². The summed E-state index contributed by atoms with van der Waals surface area (Å²) in [6, 6.07) is 4.81. The fraction of sp³-hybridized carbons (Fsp3) is 0.500. The van der Waals surface area contributed by atoms with Crippen LogP contribution >= 0.6 is 0 Å². The first kappa shape index (κ1) is 17.2. The van der Waals surface area contributed by atoms with Crippen molar-refractivity contribution in [3.63, 3.8) is 0 Å². The van der Waals surface area contributed by atoms with Gasteiger partial charge in [0.15, 0.2) is 12.6 Å². The molecule has 0 bridgehead atoms. The lowest BCUT2D eigenvalue weighted by atomic mass is 10.2. The van der Waals surface area contributed by atoms with E-state index in [0.29, 0.717) is 0 Å². The van der Waals surface area contributed by atoms with Crippen molar-refractivity contribution in [2.45, 2.75) is 6.18 Å². The van der Waals surface area contributed by atoms with Crippen LogP contribution in [-0.4, -0.2) is 56.9 Å². The van der Waals surface area contributed by atoms with Gasteiger partial charge in [-0.2, -0.15) is 13.2 Å². The van der Waals surface area contributed by atoms with E-state index in [1.54, 1.807) is 12.1 Å². The standard InChI is InChI=1S/C14H20F3N5O/c1-21-4-6-22(7-5-21)10-2-3-12(23-9-14(15,16)17)11(8-10)20-13(18)19/h2-3,8H,4-7,9H2,1H3,(H4,18,19,20). The number of hydrogen-bond acceptors (Lipinski definition) is 4. The number of anilines is 1. The normalized spacial score (nSPS) is 16.3. The van der Waals surface area contributed by atoms with Crippen molar-refractivity contribution in [1.82, 2.24) is 4.90 Å². The highest BCUT2D eigenvalue weighted by molar-refractivity contribution is 5.81. The SMILES string of the molecule is CN1CCN(c2ccc(OCC(F)(F)F)c(N=C(N)N)c2)CC1. The van der Waals surface area contributed by atoms with E-state index in [0.717, 1.165) is 31.9 Å². The summed E-state index contributed by atoms with van der Waals surface area (Å²) in [5.74, 6) is -0.244. The monoisotopic (exact) mass is 331 g/mol. The van der Waals surface area contributed by atoms with Gasteiger partial charge >= 0.3 is 6.18 Å². The molecular formula is C14H20F3N5O. The molecule has 1 aliphatic rings. The quantitative estimate of drug-likeness (QED) is 0.642. The van der Waals surface area contributed by atoms with Crippen LogP contribution in [0.5, 0.6) is 5.75 Å². The molecule has 1 heterocycles. The highest BCUT2D eigenvalue weighted by Crippen LogP contribution is 2.33. The number of guanidine groups is 1. The van der Waals surface area contributed by atoms with Gasteiger partial charge in [-0.3, -0.25) is 0 Å². The lowest BCUT2D eigenvalue weighted by Gasteiger charge is -2.34. The second kappa shape index (κ2) is 6.95. The fourth-order valence-electron chi connectivity index (χ4n) is 2.28. The largest absolute Gasteiger partial charge is 0.482 e. The zero-order chi connectivity index (χ0) is 17.0. The summed E-state index contributed by atoms with van der Waals surface area (Å²) in [6.07, 6.45) is -4.43. The maximum Gasteiger partial charge on any atom is 0.422 e. The van der Waals surface area contributed by atoms with Crippen LogP contribution in [0.25, 0.3) is 0 Å². The van der Waals surface area contributed by atoms with Crippen molar-refractivity contribution >= 4 is 17.3 Å². The Morgan fingerprint density at radius 2 is 1.87 bits per heavy atom. The molecule has 2 rings (SSSR count). The van der Waals surface area contributed by atoms with Gasteiger partial charge in [0.25, 0.3) is 0 Å². The first-order valence-corrected chi connectivity index (χ1v) is 7.11. The predicted octanol–water partition coefficient (Wildman–Crippen LogP) is 1.28. The number of ether oxygens (including phenoxy) is 1. The average molecular weight is 331 g/mol. The number of piperazine rings is 1. The van der Waals surface area contributed by atoms with Crippen molar-refractivity contribution in [2.24, 2.45) is 16.5 Å². The fourth-order valence-corrected chi connectivity index (χ4v) is 2.28. The molecule has 0 atom stereocenters. The van der Waals surface area contributed by atoms with Crippen molar-refractivity contribution in [3.05, 3.63) is 18.2 Å². The first-order chi connectivity index (χ1) is 10.7. The van der Waals surface area contributed by atoms with Gasteiger partial charge in [0.05, 0.1) is 0 Å². The third-order valence-electron chi connectivity index (χ3n) is 3.45. The summed E-state index contributed by atoms with van der Waals surface area (Å²) in [7, 11) is 2.04. The molecule has 9 heteroatoms. The van der Waals surface area contributed by atoms with Crippen LogP contribution in [0.1, 0.15) is 0 Å². The molecule has 0 spiro atoms. The van der Waals surface area contributed by atoms with Crippen LogP contribution < -0.4 is 21.1 Å². The van der Waals surface area contributed by atoms with Crippen LogP contribution in [0.2, 0.25) is 0 Å². The molecular weight excluding hydrogens is 311 g/mol. The molecule has 1 saturated heterocycles. The lowest BCUT2D eigenvalue weighted by Crippen LogP contribution is -2.44. The Morgan fingerprint density at radius 1 is 1.22 bits per heavy atom. The van der Waals surface area contributed by atoms with E-state index in [1.165, 1.54) is 6.07 Å². The van der Waals surface area contributed by atoms with Crippen LogP contribution in [0.4, 0.5) is 24.5 Å². The van der Waals surface area contributed by atoms with E-state index in [2.05, 4.69) is 14.8 Å². The predicted molar refractivity (Wildman–Crippen MR) is 83.2 cm³/mol. The topological polar surface area (TPSA) is 80.1 Å². The van der Waals surface area contributed by atoms with Crippen molar-refractivity contribution in [2.75, 3.05) is 44.7 Å². The second-order valence-electron chi connectivity index (χ2n) is 5.38. The van der Waals surface area contributed by atoms with Gasteiger partial charge in [0.1, 0.15) is 11.4 Å². The highest BCUT2D eigenvalue weighted by atomic mass is 19.4. The van der Waals surface area contributed by atoms with Gasteiger partial charge in [-0.15, -0.1) is 0 Å². The Morgan fingerprint density at radius 3 is 2.43 bits per heavy atom. The number of alkyl halides is 3. The summed E-state index contributed by atoms with van der Waals surface area (Å²) in [4.78, 5) is 8.20. The molecule has 0 amide bonds. The minimum Gasteiger partial charge on any atom is -0.482 e. The molecule has 1 fully saturated rings. The molecule has 128 valence electrons. The Bertz CT molecular complexity index is 564. The summed E-state index contributed by atoms with van der Waals surface area (Å²) < 4.78 is 41.7. The molecule has 1 aliphatic heterocycles. The van der Waals surface area contributed by atoms with Gasteiger partial charge in [0, 0.05) is 31.9 Å². The summed E-state index contributed by atoms with van der Waals surface area (Å²) in [6.45, 7) is 2.06. The third-order valence-corrected chi connectivity index (χ3v) is 3.45. The van der Waals surface area contributed by atoms with Crippen LogP contribution in [0.15, 0.2) is 23.2 Å². The van der Waals surface area contributed by atoms with Gasteiger partial charge in [-0.05, 0) is 25.2 Å². The molecule has 1 aromatic carbocycles. The molecule has 4 N–H and O–H groups in total. The molecule has 0 aliphatic carbocycles. The lowest BCUT2D eigenvalue weighted by molar-refractivity contribution is -0.153. The van der Waals surface area contributed by atoms with Gasteiger partial charge in [-0.25, -0.2) is 4.99 Å². The zero-order valence-electron chi connectivity index (χ0n) is 12.8. The number of hydrogen-bond donors (Lipinski definition) is 2. The van der Waals surface area contributed by atoms with E-state index in [-0.39, 0.29) is 17.4 Å². The van der Waals surface area contributed by atoms with Crippen LogP contribution in [-0.2, 0) is 0 Å². The number of likely N-dealkylation sites (N-methyl/N-ethyl adjacent to an activating group) is 1. The molecule has 0 unspecified atom stereocenters. The maximum absolute atomic E-state index is 12.3. The van der Waals surface area contributed by atoms with E-state index in [4.69, 9.17) is 16.2 Å². The Labute approximate surface area is 132 Å². The van der Waals surface area contributed by atoms with Gasteiger partial charge in [0.2, 0.25) is 0 Å². The van der Waals surface area contributed by atoms with Crippen LogP contribution in [0.3, 0.4) is 0 Å². The number of benzene rings is 1. The van der Waals surface area contributed by atoms with Crippen molar-refractivity contribution in [1.29, 1.82) is 0 Å². The van der Waals surface area contributed by atoms with Gasteiger partial charge < -0.3 is 26.0 Å². The van der Waals surface area contributed by atoms with Gasteiger partial charge in [-0.1, -0.05) is 0 Å². The minimum atomic E-state index is -4.43. The second-order valence-corrected chi connectivity index (χ2v) is 5.38. The Kier molecular flexibility index (Phi) is 5.19. The summed E-state index contributed by atoms with van der Waals surface area (Å²) >= 11 is 0. The summed E-state index contributed by atoms with van der Waals surface area (Å²) in [5, 5.41) is 0. The molecule has 6 nitrogen and oxygen atoms in total. The van der Waals surface area contributed by atoms with E-state index in [1.807, 2.05) is 7.05 Å². The molecule has 0 radical (unpaired) electrons. The van der Waals surface area contributed by atoms with Crippen LogP contribution in [0, 0.1) is 0 Å². The minimum absolute atomic E-state index is 0.00592. The molecule has 23 heavy (non-hydrogen) atoms. The van der Waals surface area contributed by atoms with Crippen molar-refractivity contribution < 1.29 is 17.9 Å². The smallest absolute Gasteiger partial charge is 0.422 e.